The van der Waals surface area contributed by atoms with Gasteiger partial charge >= 0.3 is 6.36 Å². The molecule has 1 amide bonds. The molecule has 4 N–H and O–H groups in total. The molecular formula is C24H21F3N4O6S. The van der Waals surface area contributed by atoms with Gasteiger partial charge in [0, 0.05) is 16.5 Å². The van der Waals surface area contributed by atoms with Gasteiger partial charge in [-0.05, 0) is 55.7 Å². The molecule has 1 aliphatic rings. The average Bonchev–Trinajstić information content (AvgIpc) is 3.58. The van der Waals surface area contributed by atoms with E-state index in [-0.39, 0.29) is 16.3 Å². The van der Waals surface area contributed by atoms with E-state index in [4.69, 9.17) is 4.42 Å². The molecule has 10 nitrogen and oxygen atoms in total. The van der Waals surface area contributed by atoms with E-state index in [1.165, 1.54) is 24.8 Å². The van der Waals surface area contributed by atoms with Crippen molar-refractivity contribution >= 4 is 32.7 Å². The van der Waals surface area contributed by atoms with Gasteiger partial charge in [-0.3, -0.25) is 9.52 Å². The number of nitrogens with one attached hydrogen (secondary N) is 3. The lowest BCUT2D eigenvalue weighted by atomic mass is 10.0. The van der Waals surface area contributed by atoms with Crippen molar-refractivity contribution in [3.63, 3.8) is 0 Å². The van der Waals surface area contributed by atoms with Gasteiger partial charge in [0.25, 0.3) is 15.9 Å². The van der Waals surface area contributed by atoms with Crippen molar-refractivity contribution < 1.29 is 40.6 Å². The van der Waals surface area contributed by atoms with Crippen LogP contribution in [0.3, 0.4) is 0 Å². The number of aromatic amines is 1. The Hall–Kier alpha value is -4.04. The van der Waals surface area contributed by atoms with Gasteiger partial charge in [-0.2, -0.15) is 0 Å². The summed E-state index contributed by atoms with van der Waals surface area (Å²) in [5.41, 5.74) is 1.47. The van der Waals surface area contributed by atoms with Crippen LogP contribution >= 0.6 is 0 Å². The Bertz CT molecular complexity index is 1570. The zero-order valence-corrected chi connectivity index (χ0v) is 20.3. The fourth-order valence-electron chi connectivity index (χ4n) is 4.39. The molecule has 1 saturated carbocycles. The number of pyridine rings is 1. The average molecular weight is 551 g/mol. The number of carbonyl (C=O) groups is 1. The fraction of sp³-hybridized carbons (Fsp3) is 0.250. The second-order valence-electron chi connectivity index (χ2n) is 8.71. The number of benzene rings is 1. The highest BCUT2D eigenvalue weighted by Gasteiger charge is 2.31. The van der Waals surface area contributed by atoms with Gasteiger partial charge in [-0.25, -0.2) is 13.4 Å². The van der Waals surface area contributed by atoms with Gasteiger partial charge in [0.05, 0.1) is 41.5 Å². The summed E-state index contributed by atoms with van der Waals surface area (Å²) in [5.74, 6) is -1.03. The molecule has 2 atom stereocenters. The molecule has 0 aliphatic heterocycles. The Morgan fingerprint density at radius 1 is 1.18 bits per heavy atom. The summed E-state index contributed by atoms with van der Waals surface area (Å²) < 4.78 is 74.2. The van der Waals surface area contributed by atoms with Crippen molar-refractivity contribution in [3.05, 3.63) is 60.8 Å². The summed E-state index contributed by atoms with van der Waals surface area (Å²) in [6, 6.07) is 6.43. The van der Waals surface area contributed by atoms with Crippen LogP contribution in [0.25, 0.3) is 22.2 Å². The number of H-pyrrole nitrogens is 1. The summed E-state index contributed by atoms with van der Waals surface area (Å²) in [6.07, 6.45) is 0.546. The molecule has 38 heavy (non-hydrogen) atoms. The van der Waals surface area contributed by atoms with Crippen LogP contribution in [0.15, 0.2) is 64.4 Å². The van der Waals surface area contributed by atoms with Crippen molar-refractivity contribution in [3.8, 4) is 16.9 Å². The van der Waals surface area contributed by atoms with E-state index in [1.807, 2.05) is 0 Å². The number of furan rings is 1. The Kier molecular flexibility index (Phi) is 6.53. The molecule has 0 bridgehead atoms. The number of anilines is 1. The van der Waals surface area contributed by atoms with E-state index in [1.54, 1.807) is 6.07 Å². The molecule has 4 aromatic rings. The minimum Gasteiger partial charge on any atom is -0.472 e. The van der Waals surface area contributed by atoms with Gasteiger partial charge < -0.3 is 24.6 Å². The SMILES string of the molecule is O=C(N[C@H]1CCC[C@H]1O)c1[nH]c2ncc(NS(=O)(=O)c3ccc(OC(F)(F)F)cc3)cc2c1-c1ccoc1. The van der Waals surface area contributed by atoms with Crippen LogP contribution < -0.4 is 14.8 Å². The van der Waals surface area contributed by atoms with Gasteiger partial charge in [-0.1, -0.05) is 0 Å². The van der Waals surface area contributed by atoms with E-state index in [9.17, 15) is 31.5 Å². The normalized spacial score (nSPS) is 18.0. The van der Waals surface area contributed by atoms with Crippen LogP contribution in [-0.4, -0.2) is 47.9 Å². The van der Waals surface area contributed by atoms with Crippen molar-refractivity contribution in [1.82, 2.24) is 15.3 Å². The highest BCUT2D eigenvalue weighted by atomic mass is 32.2. The molecule has 200 valence electrons. The molecule has 0 spiro atoms. The Morgan fingerprint density at radius 3 is 2.58 bits per heavy atom. The summed E-state index contributed by atoms with van der Waals surface area (Å²) >= 11 is 0. The number of hydrogen-bond donors (Lipinski definition) is 4. The van der Waals surface area contributed by atoms with Crippen molar-refractivity contribution in [2.45, 2.75) is 42.7 Å². The first-order chi connectivity index (χ1) is 18.0. The largest absolute Gasteiger partial charge is 0.573 e. The Labute approximate surface area is 213 Å². The second-order valence-corrected chi connectivity index (χ2v) is 10.4. The minimum absolute atomic E-state index is 0.0510. The van der Waals surface area contributed by atoms with E-state index in [0.29, 0.717) is 35.0 Å². The third-order valence-electron chi connectivity index (χ3n) is 6.10. The molecule has 3 heterocycles. The maximum atomic E-state index is 13.1. The molecule has 1 aliphatic carbocycles. The number of sulfonamides is 1. The van der Waals surface area contributed by atoms with Gasteiger partial charge in [0.2, 0.25) is 0 Å². The number of halogens is 3. The van der Waals surface area contributed by atoms with E-state index < -0.39 is 40.2 Å². The molecule has 3 aromatic heterocycles. The van der Waals surface area contributed by atoms with Crippen LogP contribution in [0.1, 0.15) is 29.8 Å². The summed E-state index contributed by atoms with van der Waals surface area (Å²) in [4.78, 5) is 20.0. The number of ether oxygens (including phenoxy) is 1. The van der Waals surface area contributed by atoms with Crippen LogP contribution in [0.2, 0.25) is 0 Å². The van der Waals surface area contributed by atoms with E-state index in [0.717, 1.165) is 30.7 Å². The second kappa shape index (κ2) is 9.68. The number of carbonyl (C=O) groups excluding carboxylic acids is 1. The Balaban J connectivity index is 1.46. The third kappa shape index (κ3) is 5.31. The zero-order valence-electron chi connectivity index (χ0n) is 19.4. The predicted octanol–water partition coefficient (Wildman–Crippen LogP) is 4.17. The summed E-state index contributed by atoms with van der Waals surface area (Å²) in [5, 5.41) is 13.4. The Morgan fingerprint density at radius 2 is 1.95 bits per heavy atom. The number of fused-ring (bicyclic) bond motifs is 1. The number of rotatable bonds is 7. The lowest BCUT2D eigenvalue weighted by Gasteiger charge is -2.16. The standard InChI is InChI=1S/C24H21F3N4O6S/c25-24(26,27)37-15-4-6-16(7-5-15)38(34,35)31-14-10-17-20(13-8-9-36-12-13)21(30-22(17)28-11-14)23(33)29-18-2-1-3-19(18)32/h4-12,18-19,31-32H,1-3H2,(H,28,30)(H,29,33)/t18-,19+/m0/s1. The van der Waals surface area contributed by atoms with Crippen LogP contribution in [-0.2, 0) is 10.0 Å². The molecule has 0 radical (unpaired) electrons. The van der Waals surface area contributed by atoms with Gasteiger partial charge in [0.1, 0.15) is 17.1 Å². The van der Waals surface area contributed by atoms with Gasteiger partial charge in [-0.15, -0.1) is 13.2 Å². The number of nitrogens with zero attached hydrogens (tertiary/aromatic N) is 1. The van der Waals surface area contributed by atoms with Gasteiger partial charge in [0.15, 0.2) is 0 Å². The van der Waals surface area contributed by atoms with Crippen LogP contribution in [0.5, 0.6) is 5.75 Å². The van der Waals surface area contributed by atoms with Crippen molar-refractivity contribution in [1.29, 1.82) is 0 Å². The number of alkyl halides is 3. The smallest absolute Gasteiger partial charge is 0.472 e. The first-order valence-electron chi connectivity index (χ1n) is 11.4. The lowest BCUT2D eigenvalue weighted by Crippen LogP contribution is -2.40. The highest BCUT2D eigenvalue weighted by molar-refractivity contribution is 7.92. The predicted molar refractivity (Wildman–Crippen MR) is 129 cm³/mol. The number of aromatic nitrogens is 2. The van der Waals surface area contributed by atoms with E-state index >= 15 is 0 Å². The number of hydrogen-bond acceptors (Lipinski definition) is 7. The fourth-order valence-corrected chi connectivity index (χ4v) is 5.42. The number of aliphatic hydroxyl groups is 1. The topological polar surface area (TPSA) is 147 Å². The summed E-state index contributed by atoms with van der Waals surface area (Å²) in [7, 11) is -4.20. The van der Waals surface area contributed by atoms with Crippen molar-refractivity contribution in [2.75, 3.05) is 4.72 Å². The quantitative estimate of drug-likeness (QED) is 0.270. The molecule has 1 aromatic carbocycles. The maximum absolute atomic E-state index is 13.1. The monoisotopic (exact) mass is 550 g/mol. The van der Waals surface area contributed by atoms with Crippen LogP contribution in [0, 0.1) is 0 Å². The number of aliphatic hydroxyl groups excluding tert-OH is 1. The molecule has 0 saturated heterocycles. The molecule has 0 unspecified atom stereocenters. The first kappa shape index (κ1) is 25.6. The third-order valence-corrected chi connectivity index (χ3v) is 7.50. The van der Waals surface area contributed by atoms with Crippen molar-refractivity contribution in [2.24, 2.45) is 0 Å². The molecule has 5 rings (SSSR count). The first-order valence-corrected chi connectivity index (χ1v) is 12.9. The van der Waals surface area contributed by atoms with E-state index in [2.05, 4.69) is 24.7 Å². The lowest BCUT2D eigenvalue weighted by molar-refractivity contribution is -0.274. The minimum atomic E-state index is -4.91. The number of amides is 1. The maximum Gasteiger partial charge on any atom is 0.573 e. The van der Waals surface area contributed by atoms with Crippen LogP contribution in [0.4, 0.5) is 18.9 Å². The molecule has 14 heteroatoms. The molecular weight excluding hydrogens is 529 g/mol. The highest BCUT2D eigenvalue weighted by Crippen LogP contribution is 2.34. The summed E-state index contributed by atoms with van der Waals surface area (Å²) in [6.45, 7) is 0. The molecule has 1 fully saturated rings. The zero-order chi connectivity index (χ0) is 27.1.